The molecule has 7 heteroatoms. The predicted octanol–water partition coefficient (Wildman–Crippen LogP) is 0.152. The first kappa shape index (κ1) is 15.6. The van der Waals surface area contributed by atoms with Gasteiger partial charge in [0.1, 0.15) is 0 Å². The molecule has 1 rings (SSSR count). The lowest BCUT2D eigenvalue weighted by molar-refractivity contribution is 0.139. The minimum atomic E-state index is -3.75. The highest BCUT2D eigenvalue weighted by Gasteiger charge is 2.21. The minimum absolute atomic E-state index is 0.0745. The number of sulfonamides is 1. The maximum atomic E-state index is 12.1. The van der Waals surface area contributed by atoms with Crippen molar-refractivity contribution < 1.29 is 18.3 Å². The number of hydrogen-bond donors (Lipinski definition) is 2. The third-order valence-electron chi connectivity index (χ3n) is 2.50. The van der Waals surface area contributed by atoms with Gasteiger partial charge in [-0.25, -0.2) is 13.1 Å². The fraction of sp³-hybridized carbons (Fsp3) is 0.417. The van der Waals surface area contributed by atoms with Crippen LogP contribution in [0.15, 0.2) is 23.1 Å². The van der Waals surface area contributed by atoms with E-state index in [0.29, 0.717) is 11.1 Å². The van der Waals surface area contributed by atoms with Crippen molar-refractivity contribution >= 4 is 10.0 Å². The fourth-order valence-corrected chi connectivity index (χ4v) is 3.07. The summed E-state index contributed by atoms with van der Waals surface area (Å²) in [7, 11) is -2.33. The van der Waals surface area contributed by atoms with Crippen molar-refractivity contribution in [2.45, 2.75) is 17.9 Å². The number of aryl methyl sites for hydroxylation is 1. The minimum Gasteiger partial charge on any atom is -0.395 e. The second-order valence-electron chi connectivity index (χ2n) is 4.05. The Morgan fingerprint density at radius 2 is 2.21 bits per heavy atom. The normalized spacial score (nSPS) is 12.9. The lowest BCUT2D eigenvalue weighted by Gasteiger charge is -2.16. The molecule has 2 N–H and O–H groups in total. The zero-order valence-corrected chi connectivity index (χ0v) is 11.6. The number of hydrogen-bond acceptors (Lipinski definition) is 5. The Hall–Kier alpha value is -1.46. The smallest absolute Gasteiger partial charge is 0.241 e. The highest BCUT2D eigenvalue weighted by Crippen LogP contribution is 2.16. The van der Waals surface area contributed by atoms with E-state index < -0.39 is 16.1 Å². The van der Waals surface area contributed by atoms with Gasteiger partial charge in [0.15, 0.2) is 0 Å². The van der Waals surface area contributed by atoms with E-state index in [1.807, 2.05) is 6.07 Å². The first-order chi connectivity index (χ1) is 8.94. The summed E-state index contributed by atoms with van der Waals surface area (Å²) in [5, 5.41) is 17.8. The molecule has 0 aliphatic rings. The van der Waals surface area contributed by atoms with Crippen LogP contribution in [0.3, 0.4) is 0 Å². The Balaban J connectivity index is 3.04. The molecule has 1 aromatic carbocycles. The van der Waals surface area contributed by atoms with E-state index in [0.717, 1.165) is 0 Å². The number of nitrogens with zero attached hydrogens (tertiary/aromatic N) is 1. The molecular weight excluding hydrogens is 268 g/mol. The maximum Gasteiger partial charge on any atom is 0.241 e. The SMILES string of the molecule is COCC(CO)NS(=O)(=O)c1ccc(C#N)cc1C. The van der Waals surface area contributed by atoms with Crippen molar-refractivity contribution in [2.24, 2.45) is 0 Å². The van der Waals surface area contributed by atoms with Crippen molar-refractivity contribution in [3.8, 4) is 6.07 Å². The van der Waals surface area contributed by atoms with E-state index in [1.165, 1.54) is 25.3 Å². The molecule has 0 heterocycles. The molecule has 1 aromatic rings. The van der Waals surface area contributed by atoms with Crippen molar-refractivity contribution in [1.82, 2.24) is 4.72 Å². The van der Waals surface area contributed by atoms with Crippen LogP contribution in [0.4, 0.5) is 0 Å². The van der Waals surface area contributed by atoms with E-state index in [4.69, 9.17) is 15.1 Å². The molecule has 6 nitrogen and oxygen atoms in total. The Morgan fingerprint density at radius 1 is 1.53 bits per heavy atom. The van der Waals surface area contributed by atoms with Crippen LogP contribution in [0.25, 0.3) is 0 Å². The standard InChI is InChI=1S/C12H16N2O4S/c1-9-5-10(6-13)3-4-12(9)19(16,17)14-11(7-15)8-18-2/h3-5,11,14-15H,7-8H2,1-2H3. The fourth-order valence-electron chi connectivity index (χ4n) is 1.63. The lowest BCUT2D eigenvalue weighted by atomic mass is 10.2. The number of ether oxygens (including phenoxy) is 1. The predicted molar refractivity (Wildman–Crippen MR) is 69.0 cm³/mol. The molecule has 0 amide bonds. The van der Waals surface area contributed by atoms with Gasteiger partial charge in [-0.15, -0.1) is 0 Å². The maximum absolute atomic E-state index is 12.1. The van der Waals surface area contributed by atoms with Crippen LogP contribution in [-0.4, -0.2) is 39.9 Å². The molecule has 0 aromatic heterocycles. The number of benzene rings is 1. The first-order valence-electron chi connectivity index (χ1n) is 5.57. The molecule has 0 bridgehead atoms. The van der Waals surface area contributed by atoms with Gasteiger partial charge in [0.05, 0.1) is 35.8 Å². The highest BCUT2D eigenvalue weighted by atomic mass is 32.2. The molecule has 0 saturated heterocycles. The van der Waals surface area contributed by atoms with Crippen LogP contribution >= 0.6 is 0 Å². The van der Waals surface area contributed by atoms with Crippen molar-refractivity contribution in [2.75, 3.05) is 20.3 Å². The molecule has 0 spiro atoms. The molecule has 0 aliphatic carbocycles. The molecule has 1 atom stereocenters. The average Bonchev–Trinajstić information content (AvgIpc) is 2.37. The van der Waals surface area contributed by atoms with E-state index in [1.54, 1.807) is 6.92 Å². The number of methoxy groups -OCH3 is 1. The van der Waals surface area contributed by atoms with Gasteiger partial charge in [-0.3, -0.25) is 0 Å². The third-order valence-corrected chi connectivity index (χ3v) is 4.18. The number of aliphatic hydroxyl groups is 1. The zero-order chi connectivity index (χ0) is 14.5. The van der Waals surface area contributed by atoms with Crippen LogP contribution in [0.1, 0.15) is 11.1 Å². The Labute approximate surface area is 112 Å². The molecule has 0 radical (unpaired) electrons. The van der Waals surface area contributed by atoms with Crippen LogP contribution in [0, 0.1) is 18.3 Å². The highest BCUT2D eigenvalue weighted by molar-refractivity contribution is 7.89. The van der Waals surface area contributed by atoms with Gasteiger partial charge in [-0.1, -0.05) is 0 Å². The van der Waals surface area contributed by atoms with Gasteiger partial charge in [-0.2, -0.15) is 5.26 Å². The third kappa shape index (κ3) is 4.01. The van der Waals surface area contributed by atoms with Crippen LogP contribution in [-0.2, 0) is 14.8 Å². The molecule has 19 heavy (non-hydrogen) atoms. The molecule has 0 saturated carbocycles. The number of nitrogens with one attached hydrogen (secondary N) is 1. The summed E-state index contributed by atoms with van der Waals surface area (Å²) >= 11 is 0. The number of aliphatic hydroxyl groups excluding tert-OH is 1. The monoisotopic (exact) mass is 284 g/mol. The van der Waals surface area contributed by atoms with Gasteiger partial charge < -0.3 is 9.84 Å². The zero-order valence-electron chi connectivity index (χ0n) is 10.8. The van der Waals surface area contributed by atoms with Gasteiger partial charge in [0.25, 0.3) is 0 Å². The summed E-state index contributed by atoms with van der Waals surface area (Å²) in [6.45, 7) is 1.33. The van der Waals surface area contributed by atoms with E-state index in [2.05, 4.69) is 4.72 Å². The molecule has 0 fully saturated rings. The van der Waals surface area contributed by atoms with Crippen LogP contribution in [0.2, 0.25) is 0 Å². The van der Waals surface area contributed by atoms with Gasteiger partial charge in [0.2, 0.25) is 10.0 Å². The lowest BCUT2D eigenvalue weighted by Crippen LogP contribution is -2.40. The summed E-state index contributed by atoms with van der Waals surface area (Å²) in [6.07, 6.45) is 0. The van der Waals surface area contributed by atoms with Crippen molar-refractivity contribution in [3.63, 3.8) is 0 Å². The number of nitriles is 1. The van der Waals surface area contributed by atoms with Gasteiger partial charge in [-0.05, 0) is 30.7 Å². The van der Waals surface area contributed by atoms with E-state index in [9.17, 15) is 8.42 Å². The van der Waals surface area contributed by atoms with Crippen LogP contribution < -0.4 is 4.72 Å². The van der Waals surface area contributed by atoms with Crippen molar-refractivity contribution in [1.29, 1.82) is 5.26 Å². The van der Waals surface area contributed by atoms with Gasteiger partial charge in [0, 0.05) is 7.11 Å². The molecule has 104 valence electrons. The summed E-state index contributed by atoms with van der Waals surface area (Å²) in [5.41, 5.74) is 0.868. The van der Waals surface area contributed by atoms with E-state index >= 15 is 0 Å². The first-order valence-corrected chi connectivity index (χ1v) is 7.05. The Morgan fingerprint density at radius 3 is 2.68 bits per heavy atom. The quantitative estimate of drug-likeness (QED) is 0.774. The molecule has 1 unspecified atom stereocenters. The average molecular weight is 284 g/mol. The summed E-state index contributed by atoms with van der Waals surface area (Å²) < 4.78 is 31.4. The summed E-state index contributed by atoms with van der Waals surface area (Å²) in [5.74, 6) is 0. The van der Waals surface area contributed by atoms with Crippen LogP contribution in [0.5, 0.6) is 0 Å². The van der Waals surface area contributed by atoms with Crippen molar-refractivity contribution in [3.05, 3.63) is 29.3 Å². The Bertz CT molecular complexity index is 578. The number of rotatable bonds is 6. The summed E-state index contributed by atoms with van der Waals surface area (Å²) in [4.78, 5) is 0.0843. The topological polar surface area (TPSA) is 99.4 Å². The summed E-state index contributed by atoms with van der Waals surface area (Å²) in [6, 6.07) is 5.55. The second-order valence-corrected chi connectivity index (χ2v) is 5.73. The second kappa shape index (κ2) is 6.63. The molecular formula is C12H16N2O4S. The van der Waals surface area contributed by atoms with Gasteiger partial charge >= 0.3 is 0 Å². The van der Waals surface area contributed by atoms with E-state index in [-0.39, 0.29) is 18.1 Å². The molecule has 0 aliphatic heterocycles. The largest absolute Gasteiger partial charge is 0.395 e. The Kier molecular flexibility index (Phi) is 5.44.